The lowest BCUT2D eigenvalue weighted by molar-refractivity contribution is 0.0942. The highest BCUT2D eigenvalue weighted by molar-refractivity contribution is 5.93. The van der Waals surface area contributed by atoms with Crippen LogP contribution in [0.15, 0.2) is 18.3 Å². The summed E-state index contributed by atoms with van der Waals surface area (Å²) in [6.45, 7) is 6.08. The number of nitrogens with one attached hydrogen (secondary N) is 2. The average molecular weight is 275 g/mol. The number of pyridine rings is 1. The minimum absolute atomic E-state index is 0.0651. The summed E-state index contributed by atoms with van der Waals surface area (Å²) in [6.07, 6.45) is 6.49. The quantitative estimate of drug-likeness (QED) is 0.839. The van der Waals surface area contributed by atoms with Gasteiger partial charge in [-0.1, -0.05) is 20.3 Å². The first-order valence-corrected chi connectivity index (χ1v) is 7.67. The molecule has 1 aliphatic carbocycles. The molecule has 1 saturated carbocycles. The van der Waals surface area contributed by atoms with Gasteiger partial charge in [-0.3, -0.25) is 9.78 Å². The van der Waals surface area contributed by atoms with Gasteiger partial charge < -0.3 is 10.6 Å². The monoisotopic (exact) mass is 275 g/mol. The van der Waals surface area contributed by atoms with E-state index < -0.39 is 0 Å². The van der Waals surface area contributed by atoms with E-state index in [0.717, 1.165) is 31.1 Å². The molecule has 1 aromatic rings. The normalized spacial score (nSPS) is 21.7. The van der Waals surface area contributed by atoms with Gasteiger partial charge in [-0.25, -0.2) is 0 Å². The van der Waals surface area contributed by atoms with E-state index in [-0.39, 0.29) is 5.91 Å². The number of hydrogen-bond donors (Lipinski definition) is 2. The number of amides is 1. The van der Waals surface area contributed by atoms with Gasteiger partial charge in [-0.15, -0.1) is 0 Å². The average Bonchev–Trinajstić information content (AvgIpc) is 2.88. The number of carbonyl (C=O) groups is 1. The zero-order valence-electron chi connectivity index (χ0n) is 12.5. The Morgan fingerprint density at radius 2 is 2.30 bits per heavy atom. The highest BCUT2D eigenvalue weighted by Crippen LogP contribution is 2.29. The molecular formula is C16H25N3O. The zero-order valence-corrected chi connectivity index (χ0v) is 12.5. The summed E-state index contributed by atoms with van der Waals surface area (Å²) >= 11 is 0. The lowest BCUT2D eigenvalue weighted by Crippen LogP contribution is -2.29. The van der Waals surface area contributed by atoms with Crippen LogP contribution in [-0.4, -0.2) is 24.0 Å². The maximum atomic E-state index is 12.1. The number of anilines is 1. The molecule has 4 heteroatoms. The van der Waals surface area contributed by atoms with Crippen molar-refractivity contribution in [1.29, 1.82) is 0 Å². The molecule has 20 heavy (non-hydrogen) atoms. The lowest BCUT2D eigenvalue weighted by atomic mass is 10.1. The van der Waals surface area contributed by atoms with Gasteiger partial charge in [0.25, 0.3) is 5.91 Å². The highest BCUT2D eigenvalue weighted by Gasteiger charge is 2.21. The molecule has 0 aliphatic heterocycles. The van der Waals surface area contributed by atoms with E-state index in [4.69, 9.17) is 0 Å². The van der Waals surface area contributed by atoms with Crippen LogP contribution in [0.2, 0.25) is 0 Å². The maximum absolute atomic E-state index is 12.1. The Hall–Kier alpha value is -1.58. The molecule has 0 saturated heterocycles. The SMILES string of the molecule is CCCNc1ccnc(C(=O)NCC2CCC(C)C2)c1. The molecule has 1 aromatic heterocycles. The molecule has 0 bridgehead atoms. The molecule has 0 radical (unpaired) electrons. The lowest BCUT2D eigenvalue weighted by Gasteiger charge is -2.11. The molecule has 0 aromatic carbocycles. The number of hydrogen-bond acceptors (Lipinski definition) is 3. The van der Waals surface area contributed by atoms with Crippen LogP contribution >= 0.6 is 0 Å². The topological polar surface area (TPSA) is 54.0 Å². The zero-order chi connectivity index (χ0) is 14.4. The van der Waals surface area contributed by atoms with Crippen LogP contribution in [0.25, 0.3) is 0 Å². The van der Waals surface area contributed by atoms with Crippen LogP contribution in [0.3, 0.4) is 0 Å². The molecular weight excluding hydrogens is 250 g/mol. The molecule has 110 valence electrons. The Balaban J connectivity index is 1.85. The van der Waals surface area contributed by atoms with Crippen LogP contribution in [0.4, 0.5) is 5.69 Å². The molecule has 1 amide bonds. The minimum Gasteiger partial charge on any atom is -0.385 e. The third-order valence-electron chi connectivity index (χ3n) is 3.93. The van der Waals surface area contributed by atoms with E-state index in [1.165, 1.54) is 19.3 Å². The van der Waals surface area contributed by atoms with Crippen molar-refractivity contribution in [3.63, 3.8) is 0 Å². The molecule has 0 spiro atoms. The molecule has 2 N–H and O–H groups in total. The standard InChI is InChI=1S/C16H25N3O/c1-3-7-17-14-6-8-18-15(10-14)16(20)19-11-13-5-4-12(2)9-13/h6,8,10,12-13H,3-5,7,9,11H2,1-2H3,(H,17,18)(H,19,20). The molecule has 1 heterocycles. The molecule has 1 fully saturated rings. The van der Waals surface area contributed by atoms with Crippen molar-refractivity contribution in [3.8, 4) is 0 Å². The van der Waals surface area contributed by atoms with E-state index in [2.05, 4.69) is 29.5 Å². The van der Waals surface area contributed by atoms with Crippen molar-refractivity contribution in [2.75, 3.05) is 18.4 Å². The maximum Gasteiger partial charge on any atom is 0.269 e. The minimum atomic E-state index is -0.0651. The largest absolute Gasteiger partial charge is 0.385 e. The fourth-order valence-electron chi connectivity index (χ4n) is 2.77. The van der Waals surface area contributed by atoms with Crippen molar-refractivity contribution in [2.45, 2.75) is 39.5 Å². The first-order chi connectivity index (χ1) is 9.69. The molecule has 1 aliphatic rings. The number of carbonyl (C=O) groups excluding carboxylic acids is 1. The van der Waals surface area contributed by atoms with Crippen LogP contribution in [0.5, 0.6) is 0 Å². The smallest absolute Gasteiger partial charge is 0.269 e. The van der Waals surface area contributed by atoms with Gasteiger partial charge >= 0.3 is 0 Å². The Kier molecular flexibility index (Phi) is 5.39. The fraction of sp³-hybridized carbons (Fsp3) is 0.625. The highest BCUT2D eigenvalue weighted by atomic mass is 16.1. The van der Waals surface area contributed by atoms with Crippen molar-refractivity contribution in [2.24, 2.45) is 11.8 Å². The second-order valence-corrected chi connectivity index (χ2v) is 5.85. The molecule has 2 unspecified atom stereocenters. The van der Waals surface area contributed by atoms with Crippen molar-refractivity contribution in [1.82, 2.24) is 10.3 Å². The van der Waals surface area contributed by atoms with E-state index in [0.29, 0.717) is 11.6 Å². The van der Waals surface area contributed by atoms with E-state index in [1.807, 2.05) is 12.1 Å². The van der Waals surface area contributed by atoms with Gasteiger partial charge in [-0.2, -0.15) is 0 Å². The van der Waals surface area contributed by atoms with Gasteiger partial charge in [-0.05, 0) is 43.2 Å². The Bertz CT molecular complexity index is 447. The fourth-order valence-corrected chi connectivity index (χ4v) is 2.77. The molecule has 2 atom stereocenters. The predicted octanol–water partition coefficient (Wildman–Crippen LogP) is 3.07. The van der Waals surface area contributed by atoms with Crippen molar-refractivity contribution < 1.29 is 4.79 Å². The van der Waals surface area contributed by atoms with Gasteiger partial charge in [0.1, 0.15) is 5.69 Å². The summed E-state index contributed by atoms with van der Waals surface area (Å²) < 4.78 is 0. The van der Waals surface area contributed by atoms with Crippen LogP contribution in [-0.2, 0) is 0 Å². The van der Waals surface area contributed by atoms with E-state index in [1.54, 1.807) is 6.20 Å². The third-order valence-corrected chi connectivity index (χ3v) is 3.93. The Morgan fingerprint density at radius 3 is 3.00 bits per heavy atom. The van der Waals surface area contributed by atoms with Gasteiger partial charge in [0.2, 0.25) is 0 Å². The van der Waals surface area contributed by atoms with Crippen LogP contribution < -0.4 is 10.6 Å². The number of rotatable bonds is 6. The molecule has 4 nitrogen and oxygen atoms in total. The molecule has 2 rings (SSSR count). The van der Waals surface area contributed by atoms with Crippen LogP contribution in [0.1, 0.15) is 50.0 Å². The first-order valence-electron chi connectivity index (χ1n) is 7.67. The summed E-state index contributed by atoms with van der Waals surface area (Å²) in [5.74, 6) is 1.37. The Labute approximate surface area is 121 Å². The van der Waals surface area contributed by atoms with Crippen molar-refractivity contribution >= 4 is 11.6 Å². The number of aromatic nitrogens is 1. The summed E-state index contributed by atoms with van der Waals surface area (Å²) in [5.41, 5.74) is 1.46. The first kappa shape index (κ1) is 14.8. The van der Waals surface area contributed by atoms with E-state index >= 15 is 0 Å². The van der Waals surface area contributed by atoms with Crippen molar-refractivity contribution in [3.05, 3.63) is 24.0 Å². The summed E-state index contributed by atoms with van der Waals surface area (Å²) in [6, 6.07) is 3.72. The van der Waals surface area contributed by atoms with Gasteiger partial charge in [0, 0.05) is 25.0 Å². The van der Waals surface area contributed by atoms with Gasteiger partial charge in [0.15, 0.2) is 0 Å². The second-order valence-electron chi connectivity index (χ2n) is 5.85. The third kappa shape index (κ3) is 4.22. The summed E-state index contributed by atoms with van der Waals surface area (Å²) in [5, 5.41) is 6.29. The second kappa shape index (κ2) is 7.27. The van der Waals surface area contributed by atoms with Crippen LogP contribution in [0, 0.1) is 11.8 Å². The van der Waals surface area contributed by atoms with Gasteiger partial charge in [0.05, 0.1) is 0 Å². The van der Waals surface area contributed by atoms with E-state index in [9.17, 15) is 4.79 Å². The number of nitrogens with zero attached hydrogens (tertiary/aromatic N) is 1. The Morgan fingerprint density at radius 1 is 1.45 bits per heavy atom. The predicted molar refractivity (Wildman–Crippen MR) is 81.9 cm³/mol. The summed E-state index contributed by atoms with van der Waals surface area (Å²) in [7, 11) is 0. The summed E-state index contributed by atoms with van der Waals surface area (Å²) in [4.78, 5) is 16.3.